The van der Waals surface area contributed by atoms with Crippen LogP contribution in [0.4, 0.5) is 43.9 Å². The second kappa shape index (κ2) is 4.75. The molecule has 0 amide bonds. The quantitative estimate of drug-likeness (QED) is 0.525. The van der Waals surface area contributed by atoms with E-state index in [1.807, 2.05) is 6.58 Å². The molecule has 0 aliphatic heterocycles. The Morgan fingerprint density at radius 2 is 1.32 bits per heavy atom. The van der Waals surface area contributed by atoms with Crippen LogP contribution in [0.2, 0.25) is 0 Å². The molecule has 0 aromatic carbocycles. The van der Waals surface area contributed by atoms with Gasteiger partial charge in [0.15, 0.2) is 5.76 Å². The minimum Gasteiger partial charge on any atom is -0.426 e. The van der Waals surface area contributed by atoms with Gasteiger partial charge in [-0.15, -0.1) is 0 Å². The van der Waals surface area contributed by atoms with E-state index in [1.54, 1.807) is 0 Å². The first-order valence-corrected chi connectivity index (χ1v) is 4.25. The summed E-state index contributed by atoms with van der Waals surface area (Å²) in [5.74, 6) is -19.3. The van der Waals surface area contributed by atoms with Crippen molar-refractivity contribution in [1.29, 1.82) is 0 Å². The summed E-state index contributed by atoms with van der Waals surface area (Å²) in [6.45, 7) is 1.51. The van der Waals surface area contributed by atoms with Crippen molar-refractivity contribution < 1.29 is 48.6 Å². The molecule has 0 N–H and O–H groups in total. The van der Waals surface area contributed by atoms with Crippen LogP contribution in [0.25, 0.3) is 0 Å². The zero-order valence-corrected chi connectivity index (χ0v) is 8.97. The summed E-state index contributed by atoms with van der Waals surface area (Å²) in [7, 11) is 0. The number of rotatable bonds is 6. The molecule has 0 rings (SSSR count). The zero-order valence-electron chi connectivity index (χ0n) is 8.97. The molecule has 0 atom stereocenters. The molecule has 0 heterocycles. The minimum absolute atomic E-state index is 0.426. The van der Waals surface area contributed by atoms with E-state index in [0.29, 0.717) is 0 Å². The van der Waals surface area contributed by atoms with Gasteiger partial charge in [-0.05, 0) is 0 Å². The van der Waals surface area contributed by atoms with Crippen molar-refractivity contribution in [2.24, 2.45) is 0 Å². The van der Waals surface area contributed by atoms with Crippen molar-refractivity contribution in [3.63, 3.8) is 0 Å². The minimum atomic E-state index is -6.16. The van der Waals surface area contributed by atoms with E-state index in [4.69, 9.17) is 0 Å². The summed E-state index contributed by atoms with van der Waals surface area (Å²) in [5, 5.41) is 0. The number of alkyl halides is 10. The summed E-state index contributed by atoms with van der Waals surface area (Å²) in [4.78, 5) is 0. The molecule has 0 saturated carbocycles. The van der Waals surface area contributed by atoms with E-state index in [1.165, 1.54) is 0 Å². The van der Waals surface area contributed by atoms with Crippen molar-refractivity contribution in [2.75, 3.05) is 0 Å². The maximum Gasteiger partial charge on any atom is 0.470 e. The van der Waals surface area contributed by atoms with Gasteiger partial charge >= 0.3 is 30.3 Å². The Hall–Kier alpha value is -1.16. The Morgan fingerprint density at radius 1 is 0.947 bits per heavy atom. The standard InChI is InChI=1S/C8H6F10O/c1-3(6(13,14)5(2,11)12)19-8(17,18)7(15,16)4(9)10/h4H,1H2,2H3. The van der Waals surface area contributed by atoms with Gasteiger partial charge in [0.2, 0.25) is 0 Å². The van der Waals surface area contributed by atoms with E-state index < -0.39 is 43.0 Å². The van der Waals surface area contributed by atoms with Crippen molar-refractivity contribution in [3.05, 3.63) is 12.3 Å². The second-order valence-corrected chi connectivity index (χ2v) is 3.43. The van der Waals surface area contributed by atoms with Crippen LogP contribution in [-0.2, 0) is 4.74 Å². The van der Waals surface area contributed by atoms with Gasteiger partial charge in [-0.25, -0.2) is 8.78 Å². The lowest BCUT2D eigenvalue weighted by Crippen LogP contribution is -2.50. The first kappa shape index (κ1) is 17.8. The summed E-state index contributed by atoms with van der Waals surface area (Å²) >= 11 is 0. The molecule has 0 aromatic heterocycles. The number of hydrogen-bond donors (Lipinski definition) is 0. The Morgan fingerprint density at radius 3 is 1.58 bits per heavy atom. The van der Waals surface area contributed by atoms with Crippen molar-refractivity contribution in [2.45, 2.75) is 37.2 Å². The molecular formula is C8H6F10O. The molecule has 0 fully saturated rings. The molecule has 0 aromatic rings. The molecule has 0 unspecified atom stereocenters. The fourth-order valence-corrected chi connectivity index (χ4v) is 0.659. The highest BCUT2D eigenvalue weighted by atomic mass is 19.3. The van der Waals surface area contributed by atoms with Gasteiger partial charge < -0.3 is 4.74 Å². The topological polar surface area (TPSA) is 9.23 Å². The van der Waals surface area contributed by atoms with Crippen molar-refractivity contribution in [3.8, 4) is 0 Å². The Kier molecular flexibility index (Phi) is 4.46. The number of hydrogen-bond acceptors (Lipinski definition) is 1. The smallest absolute Gasteiger partial charge is 0.426 e. The third-order valence-electron chi connectivity index (χ3n) is 1.82. The van der Waals surface area contributed by atoms with Gasteiger partial charge in [0, 0.05) is 6.92 Å². The van der Waals surface area contributed by atoms with Crippen LogP contribution in [0, 0.1) is 0 Å². The van der Waals surface area contributed by atoms with Crippen LogP contribution < -0.4 is 0 Å². The zero-order chi connectivity index (χ0) is 15.9. The average Bonchev–Trinajstić information content (AvgIpc) is 2.14. The van der Waals surface area contributed by atoms with Crippen LogP contribution in [0.5, 0.6) is 0 Å². The van der Waals surface area contributed by atoms with E-state index in [-0.39, 0.29) is 0 Å². The summed E-state index contributed by atoms with van der Waals surface area (Å²) in [5.41, 5.74) is 0. The SMILES string of the molecule is C=C(OC(F)(F)C(F)(F)C(F)F)C(F)(F)C(C)(F)F. The highest BCUT2D eigenvalue weighted by molar-refractivity contribution is 5.07. The van der Waals surface area contributed by atoms with Gasteiger partial charge in [0.25, 0.3) is 0 Å². The highest BCUT2D eigenvalue weighted by Gasteiger charge is 2.68. The molecule has 0 aliphatic carbocycles. The van der Waals surface area contributed by atoms with Crippen LogP contribution in [0.3, 0.4) is 0 Å². The van der Waals surface area contributed by atoms with Crippen LogP contribution in [0.15, 0.2) is 12.3 Å². The largest absolute Gasteiger partial charge is 0.470 e. The lowest BCUT2D eigenvalue weighted by atomic mass is 10.1. The predicted molar refractivity (Wildman–Crippen MR) is 41.7 cm³/mol. The van der Waals surface area contributed by atoms with Crippen LogP contribution >= 0.6 is 0 Å². The molecular weight excluding hydrogens is 302 g/mol. The molecule has 0 spiro atoms. The van der Waals surface area contributed by atoms with Gasteiger partial charge in [0.05, 0.1) is 0 Å². The van der Waals surface area contributed by atoms with Gasteiger partial charge in [-0.2, -0.15) is 35.1 Å². The van der Waals surface area contributed by atoms with Gasteiger partial charge in [0.1, 0.15) is 0 Å². The maximum atomic E-state index is 12.7. The van der Waals surface area contributed by atoms with Crippen molar-refractivity contribution in [1.82, 2.24) is 0 Å². The van der Waals surface area contributed by atoms with Crippen LogP contribution in [0.1, 0.15) is 6.92 Å². The van der Waals surface area contributed by atoms with E-state index >= 15 is 0 Å². The lowest BCUT2D eigenvalue weighted by molar-refractivity contribution is -0.372. The van der Waals surface area contributed by atoms with E-state index in [9.17, 15) is 43.9 Å². The summed E-state index contributed by atoms with van der Waals surface area (Å²) < 4.78 is 125. The molecule has 0 aliphatic rings. The van der Waals surface area contributed by atoms with E-state index in [0.717, 1.165) is 0 Å². The molecule has 0 saturated heterocycles. The Labute approximate surface area is 99.4 Å². The normalized spacial score (nSPS) is 14.7. The number of allylic oxidation sites excluding steroid dienone is 1. The number of ether oxygens (including phenoxy) is 1. The lowest BCUT2D eigenvalue weighted by Gasteiger charge is -2.30. The first-order valence-electron chi connectivity index (χ1n) is 4.25. The predicted octanol–water partition coefficient (Wildman–Crippen LogP) is 4.30. The fourth-order valence-electron chi connectivity index (χ4n) is 0.659. The van der Waals surface area contributed by atoms with Crippen molar-refractivity contribution >= 4 is 0 Å². The first-order chi connectivity index (χ1) is 8.07. The molecule has 0 bridgehead atoms. The molecule has 114 valence electrons. The monoisotopic (exact) mass is 308 g/mol. The second-order valence-electron chi connectivity index (χ2n) is 3.43. The van der Waals surface area contributed by atoms with E-state index in [2.05, 4.69) is 4.74 Å². The summed E-state index contributed by atoms with van der Waals surface area (Å²) in [6.07, 6.45) is -11.1. The molecule has 11 heteroatoms. The van der Waals surface area contributed by atoms with Gasteiger partial charge in [-0.3, -0.25) is 0 Å². The van der Waals surface area contributed by atoms with Crippen LogP contribution in [-0.4, -0.2) is 30.3 Å². The van der Waals surface area contributed by atoms with Gasteiger partial charge in [-0.1, -0.05) is 6.58 Å². The highest BCUT2D eigenvalue weighted by Crippen LogP contribution is 2.46. The third-order valence-corrected chi connectivity index (χ3v) is 1.82. The molecule has 0 radical (unpaired) electrons. The average molecular weight is 308 g/mol. The molecule has 1 nitrogen and oxygen atoms in total. The summed E-state index contributed by atoms with van der Waals surface area (Å²) in [6, 6.07) is 0. The third kappa shape index (κ3) is 3.24. The molecule has 19 heavy (non-hydrogen) atoms. The Bertz CT molecular complexity index is 342. The maximum absolute atomic E-state index is 12.7. The Balaban J connectivity index is 5.22. The fraction of sp³-hybridized carbons (Fsp3) is 0.750. The number of halogens is 10.